The van der Waals surface area contributed by atoms with E-state index in [1.54, 1.807) is 0 Å². The average molecular weight is 306 g/mol. The molecule has 0 aliphatic rings. The van der Waals surface area contributed by atoms with E-state index in [-0.39, 0.29) is 0 Å². The number of halogens is 2. The summed E-state index contributed by atoms with van der Waals surface area (Å²) < 4.78 is 52.6. The van der Waals surface area contributed by atoms with Crippen LogP contribution in [0.4, 0.5) is 8.78 Å². The van der Waals surface area contributed by atoms with Crippen molar-refractivity contribution in [2.75, 3.05) is 6.54 Å². The Bertz CT molecular complexity index is 570. The summed E-state index contributed by atoms with van der Waals surface area (Å²) in [4.78, 5) is 10.5. The lowest BCUT2D eigenvalue weighted by Gasteiger charge is -2.14. The number of rotatable bonds is 6. The number of nitrogens with one attached hydrogen (secondary N) is 2. The molecule has 0 unspecified atom stereocenters. The van der Waals surface area contributed by atoms with Crippen LogP contribution in [0.5, 0.6) is 0 Å². The van der Waals surface area contributed by atoms with Crippen molar-refractivity contribution in [1.82, 2.24) is 10.0 Å². The minimum atomic E-state index is -4.45. The summed E-state index contributed by atoms with van der Waals surface area (Å²) in [6.07, 6.45) is 0.688. The van der Waals surface area contributed by atoms with Crippen LogP contribution in [0.3, 0.4) is 0 Å². The molecule has 8 heteroatoms. The van der Waals surface area contributed by atoms with Gasteiger partial charge in [0.2, 0.25) is 15.9 Å². The maximum absolute atomic E-state index is 13.4. The highest BCUT2D eigenvalue weighted by Crippen LogP contribution is 2.18. The van der Waals surface area contributed by atoms with E-state index in [0.717, 1.165) is 18.2 Å². The molecule has 0 heterocycles. The summed E-state index contributed by atoms with van der Waals surface area (Å²) in [6.45, 7) is 3.52. The van der Waals surface area contributed by atoms with E-state index in [4.69, 9.17) is 0 Å². The summed E-state index contributed by atoms with van der Waals surface area (Å²) in [5.74, 6) is -2.98. The van der Waals surface area contributed by atoms with E-state index in [1.165, 1.54) is 6.92 Å². The molecule has 112 valence electrons. The van der Waals surface area contributed by atoms with Crippen LogP contribution in [-0.2, 0) is 14.8 Å². The topological polar surface area (TPSA) is 75.3 Å². The van der Waals surface area contributed by atoms with Gasteiger partial charge in [-0.25, -0.2) is 17.2 Å². The Hall–Kier alpha value is -1.54. The fourth-order valence-corrected chi connectivity index (χ4v) is 2.83. The Balaban J connectivity index is 2.93. The first-order valence-electron chi connectivity index (χ1n) is 6.03. The lowest BCUT2D eigenvalue weighted by Crippen LogP contribution is -2.45. The van der Waals surface area contributed by atoms with Crippen LogP contribution in [0.1, 0.15) is 20.3 Å². The predicted octanol–water partition coefficient (Wildman–Crippen LogP) is 1.16. The molecule has 0 saturated carbocycles. The number of carbonyl (C=O) groups excluding carboxylic acids is 1. The third-order valence-electron chi connectivity index (χ3n) is 2.46. The Morgan fingerprint density at radius 1 is 1.30 bits per heavy atom. The third-order valence-corrected chi connectivity index (χ3v) is 4.05. The summed E-state index contributed by atoms with van der Waals surface area (Å²) in [7, 11) is -4.45. The highest BCUT2D eigenvalue weighted by molar-refractivity contribution is 7.89. The first kappa shape index (κ1) is 16.5. The van der Waals surface area contributed by atoms with Crippen LogP contribution in [0.15, 0.2) is 23.1 Å². The second-order valence-electron chi connectivity index (χ2n) is 4.18. The molecule has 0 aliphatic heterocycles. The number of hydrogen-bond acceptors (Lipinski definition) is 3. The zero-order valence-corrected chi connectivity index (χ0v) is 11.9. The zero-order valence-electron chi connectivity index (χ0n) is 11.1. The van der Waals surface area contributed by atoms with Crippen LogP contribution in [0.25, 0.3) is 0 Å². The van der Waals surface area contributed by atoms with Gasteiger partial charge in [-0.2, -0.15) is 4.72 Å². The molecule has 0 saturated heterocycles. The van der Waals surface area contributed by atoms with Crippen molar-refractivity contribution in [1.29, 1.82) is 0 Å². The second kappa shape index (κ2) is 6.76. The minimum absolute atomic E-state index is 0.388. The Kier molecular flexibility index (Phi) is 5.58. The molecule has 0 aliphatic carbocycles. The maximum Gasteiger partial charge on any atom is 0.247 e. The van der Waals surface area contributed by atoms with Crippen molar-refractivity contribution in [3.63, 3.8) is 0 Å². The highest BCUT2D eigenvalue weighted by atomic mass is 32.2. The summed E-state index contributed by atoms with van der Waals surface area (Å²) in [5.41, 5.74) is 0. The number of sulfonamides is 1. The lowest BCUT2D eigenvalue weighted by molar-refractivity contribution is -0.122. The monoisotopic (exact) mass is 306 g/mol. The standard InChI is InChI=1S/C12H16F2N2O3S/c1-3-7-15-12(17)8(2)16-20(18,19)11-9(13)5-4-6-10(11)14/h4-6,8,16H,3,7H2,1-2H3,(H,15,17)/t8-/m1/s1. The number of amides is 1. The fraction of sp³-hybridized carbons (Fsp3) is 0.417. The van der Waals surface area contributed by atoms with Gasteiger partial charge in [-0.15, -0.1) is 0 Å². The van der Waals surface area contributed by atoms with Gasteiger partial charge >= 0.3 is 0 Å². The molecule has 0 aromatic heterocycles. The predicted molar refractivity (Wildman–Crippen MR) is 69.4 cm³/mol. The molecule has 1 rings (SSSR count). The van der Waals surface area contributed by atoms with Crippen LogP contribution in [0.2, 0.25) is 0 Å². The number of benzene rings is 1. The molecule has 20 heavy (non-hydrogen) atoms. The van der Waals surface area contributed by atoms with Gasteiger partial charge in [0.1, 0.15) is 11.6 Å². The Morgan fingerprint density at radius 3 is 2.35 bits per heavy atom. The van der Waals surface area contributed by atoms with Gasteiger partial charge in [0, 0.05) is 6.54 Å². The average Bonchev–Trinajstić information content (AvgIpc) is 2.34. The molecule has 0 spiro atoms. The fourth-order valence-electron chi connectivity index (χ4n) is 1.49. The molecule has 0 fully saturated rings. The summed E-state index contributed by atoms with van der Waals surface area (Å²) >= 11 is 0. The molecule has 1 aromatic carbocycles. The number of carbonyl (C=O) groups is 1. The first-order valence-corrected chi connectivity index (χ1v) is 7.52. The van der Waals surface area contributed by atoms with Gasteiger partial charge < -0.3 is 5.32 Å². The van der Waals surface area contributed by atoms with Crippen LogP contribution >= 0.6 is 0 Å². The lowest BCUT2D eigenvalue weighted by atomic mass is 10.3. The van der Waals surface area contributed by atoms with E-state index in [9.17, 15) is 22.0 Å². The van der Waals surface area contributed by atoms with Gasteiger partial charge in [-0.3, -0.25) is 4.79 Å². The van der Waals surface area contributed by atoms with Crippen molar-refractivity contribution in [3.05, 3.63) is 29.8 Å². The van der Waals surface area contributed by atoms with Crippen LogP contribution in [0, 0.1) is 11.6 Å². The summed E-state index contributed by atoms with van der Waals surface area (Å²) in [5, 5.41) is 2.48. The van der Waals surface area contributed by atoms with Gasteiger partial charge in [0.15, 0.2) is 4.90 Å². The SMILES string of the molecule is CCCNC(=O)[C@@H](C)NS(=O)(=O)c1c(F)cccc1F. The normalized spacial score (nSPS) is 13.0. The van der Waals surface area contributed by atoms with Crippen molar-refractivity contribution < 1.29 is 22.0 Å². The quantitative estimate of drug-likeness (QED) is 0.828. The second-order valence-corrected chi connectivity index (χ2v) is 5.84. The molecule has 0 bridgehead atoms. The molecular formula is C12H16F2N2O3S. The highest BCUT2D eigenvalue weighted by Gasteiger charge is 2.27. The summed E-state index contributed by atoms with van der Waals surface area (Å²) in [6, 6.07) is 1.59. The van der Waals surface area contributed by atoms with E-state index in [0.29, 0.717) is 13.0 Å². The van der Waals surface area contributed by atoms with E-state index in [1.807, 2.05) is 11.6 Å². The molecule has 1 atom stereocenters. The largest absolute Gasteiger partial charge is 0.355 e. The molecular weight excluding hydrogens is 290 g/mol. The molecule has 0 radical (unpaired) electrons. The van der Waals surface area contributed by atoms with Gasteiger partial charge in [-0.1, -0.05) is 13.0 Å². The van der Waals surface area contributed by atoms with Crippen LogP contribution < -0.4 is 10.0 Å². The van der Waals surface area contributed by atoms with Crippen molar-refractivity contribution in [2.45, 2.75) is 31.2 Å². The zero-order chi connectivity index (χ0) is 15.3. The van der Waals surface area contributed by atoms with Crippen molar-refractivity contribution in [3.8, 4) is 0 Å². The van der Waals surface area contributed by atoms with E-state index in [2.05, 4.69) is 5.32 Å². The molecule has 5 nitrogen and oxygen atoms in total. The maximum atomic E-state index is 13.4. The van der Waals surface area contributed by atoms with Crippen molar-refractivity contribution in [2.24, 2.45) is 0 Å². The van der Waals surface area contributed by atoms with E-state index < -0.39 is 38.5 Å². The Morgan fingerprint density at radius 2 is 1.85 bits per heavy atom. The molecule has 1 amide bonds. The van der Waals surface area contributed by atoms with Gasteiger partial charge in [-0.05, 0) is 25.5 Å². The van der Waals surface area contributed by atoms with Gasteiger partial charge in [0.05, 0.1) is 6.04 Å². The van der Waals surface area contributed by atoms with Crippen molar-refractivity contribution >= 4 is 15.9 Å². The Labute approximate surface area is 116 Å². The van der Waals surface area contributed by atoms with Gasteiger partial charge in [0.25, 0.3) is 0 Å². The number of hydrogen-bond donors (Lipinski definition) is 2. The van der Waals surface area contributed by atoms with E-state index >= 15 is 0 Å². The smallest absolute Gasteiger partial charge is 0.247 e. The molecule has 1 aromatic rings. The third kappa shape index (κ3) is 3.97. The van der Waals surface area contributed by atoms with Crippen LogP contribution in [-0.4, -0.2) is 26.9 Å². The first-order chi connectivity index (χ1) is 9.29. The molecule has 2 N–H and O–H groups in total. The minimum Gasteiger partial charge on any atom is -0.355 e.